The molecular weight excluding hydrogens is 320 g/mol. The molecule has 1 N–H and O–H groups in total. The zero-order valence-electron chi connectivity index (χ0n) is 12.5. The molecule has 3 unspecified atom stereocenters. The normalized spacial score (nSPS) is 30.3. The van der Waals surface area contributed by atoms with Gasteiger partial charge in [-0.3, -0.25) is 10.1 Å². The predicted molar refractivity (Wildman–Crippen MR) is 94.1 cm³/mol. The number of thiophene rings is 1. The van der Waals surface area contributed by atoms with Gasteiger partial charge >= 0.3 is 0 Å². The zero-order chi connectivity index (χ0) is 14.8. The lowest BCUT2D eigenvalue weighted by atomic mass is 10.1. The first-order valence-corrected chi connectivity index (χ1v) is 10.5. The van der Waals surface area contributed by atoms with Crippen molar-refractivity contribution in [3.63, 3.8) is 0 Å². The average molecular weight is 343 g/mol. The summed E-state index contributed by atoms with van der Waals surface area (Å²) < 4.78 is 0. The number of thioether (sulfide) groups is 2. The first kappa shape index (κ1) is 15.7. The molecule has 0 aromatic carbocycles. The molecule has 1 amide bonds. The largest absolute Gasteiger partial charge is 0.320 e. The number of nitrogens with one attached hydrogen (secondary N) is 1. The van der Waals surface area contributed by atoms with E-state index in [1.807, 2.05) is 23.5 Å². The van der Waals surface area contributed by atoms with Gasteiger partial charge in [-0.15, -0.1) is 11.3 Å². The number of carbonyl (C=O) groups is 1. The second kappa shape index (κ2) is 6.94. The Morgan fingerprint density at radius 1 is 1.43 bits per heavy atom. The maximum absolute atomic E-state index is 12.8. The number of amides is 1. The van der Waals surface area contributed by atoms with Crippen LogP contribution in [-0.4, -0.2) is 45.9 Å². The summed E-state index contributed by atoms with van der Waals surface area (Å²) >= 11 is 5.77. The van der Waals surface area contributed by atoms with Gasteiger partial charge in [-0.2, -0.15) is 23.5 Å². The first-order chi connectivity index (χ1) is 10.2. The van der Waals surface area contributed by atoms with Gasteiger partial charge in [0, 0.05) is 33.9 Å². The third-order valence-electron chi connectivity index (χ3n) is 3.96. The van der Waals surface area contributed by atoms with E-state index < -0.39 is 0 Å². The van der Waals surface area contributed by atoms with Crippen LogP contribution in [0, 0.1) is 5.92 Å². The minimum atomic E-state index is -0.0432. The number of hydrogen-bond donors (Lipinski definition) is 1. The zero-order valence-corrected chi connectivity index (χ0v) is 14.9. The van der Waals surface area contributed by atoms with Crippen LogP contribution < -0.4 is 5.32 Å². The van der Waals surface area contributed by atoms with Gasteiger partial charge in [-0.25, -0.2) is 0 Å². The number of hydrogen-bond acceptors (Lipinski definition) is 5. The van der Waals surface area contributed by atoms with Crippen LogP contribution in [0.25, 0.3) is 0 Å². The van der Waals surface area contributed by atoms with Crippen molar-refractivity contribution in [1.29, 1.82) is 0 Å². The molecule has 116 valence electrons. The number of rotatable bonds is 4. The molecule has 3 rings (SSSR count). The van der Waals surface area contributed by atoms with Gasteiger partial charge in [0.2, 0.25) is 5.91 Å². The Labute approximate surface area is 139 Å². The highest BCUT2D eigenvalue weighted by Gasteiger charge is 2.42. The molecule has 21 heavy (non-hydrogen) atoms. The fourth-order valence-electron chi connectivity index (χ4n) is 2.85. The van der Waals surface area contributed by atoms with Gasteiger partial charge in [0.15, 0.2) is 0 Å². The Bertz CT molecular complexity index is 471. The van der Waals surface area contributed by atoms with Crippen molar-refractivity contribution in [2.24, 2.45) is 5.92 Å². The molecular formula is C15H22N2OS3. The molecule has 0 radical (unpaired) electrons. The molecule has 3 atom stereocenters. The van der Waals surface area contributed by atoms with Crippen molar-refractivity contribution in [2.75, 3.05) is 23.8 Å². The van der Waals surface area contributed by atoms with E-state index in [2.05, 4.69) is 41.6 Å². The molecule has 3 heterocycles. The van der Waals surface area contributed by atoms with Crippen molar-refractivity contribution >= 4 is 40.8 Å². The summed E-state index contributed by atoms with van der Waals surface area (Å²) in [5.74, 6) is 4.23. The summed E-state index contributed by atoms with van der Waals surface area (Å²) in [7, 11) is 0. The number of nitrogens with zero attached hydrogens (tertiary/aromatic N) is 1. The fourth-order valence-corrected chi connectivity index (χ4v) is 6.31. The Kier molecular flexibility index (Phi) is 5.19. The van der Waals surface area contributed by atoms with Crippen molar-refractivity contribution in [1.82, 2.24) is 10.2 Å². The van der Waals surface area contributed by atoms with E-state index in [4.69, 9.17) is 0 Å². The predicted octanol–water partition coefficient (Wildman–Crippen LogP) is 3.05. The van der Waals surface area contributed by atoms with Crippen LogP contribution in [0.2, 0.25) is 0 Å². The maximum atomic E-state index is 12.8. The lowest BCUT2D eigenvalue weighted by Gasteiger charge is -2.29. The van der Waals surface area contributed by atoms with Crippen LogP contribution in [0.3, 0.4) is 0 Å². The second-order valence-corrected chi connectivity index (χ2v) is 9.40. The summed E-state index contributed by atoms with van der Waals surface area (Å²) in [6, 6.07) is 4.16. The minimum absolute atomic E-state index is 0.0432. The van der Waals surface area contributed by atoms with E-state index in [1.165, 1.54) is 16.4 Å². The van der Waals surface area contributed by atoms with Crippen molar-refractivity contribution in [2.45, 2.75) is 31.3 Å². The summed E-state index contributed by atoms with van der Waals surface area (Å²) in [4.78, 5) is 16.1. The van der Waals surface area contributed by atoms with Crippen LogP contribution in [0.5, 0.6) is 0 Å². The van der Waals surface area contributed by atoms with Crippen LogP contribution in [0.15, 0.2) is 17.5 Å². The molecule has 0 aliphatic carbocycles. The summed E-state index contributed by atoms with van der Waals surface area (Å²) in [6.45, 7) is 5.11. The Morgan fingerprint density at radius 2 is 2.29 bits per heavy atom. The summed E-state index contributed by atoms with van der Waals surface area (Å²) in [5, 5.41) is 6.22. The third-order valence-corrected chi connectivity index (χ3v) is 7.71. The molecule has 2 fully saturated rings. The van der Waals surface area contributed by atoms with Crippen molar-refractivity contribution in [3.8, 4) is 0 Å². The smallest absolute Gasteiger partial charge is 0.241 e. The Balaban J connectivity index is 1.77. The van der Waals surface area contributed by atoms with Gasteiger partial charge in [0.05, 0.1) is 6.04 Å². The topological polar surface area (TPSA) is 32.3 Å². The fraction of sp³-hybridized carbons (Fsp3) is 0.667. The van der Waals surface area contributed by atoms with E-state index >= 15 is 0 Å². The van der Waals surface area contributed by atoms with Gasteiger partial charge < -0.3 is 4.90 Å². The highest BCUT2D eigenvalue weighted by atomic mass is 32.2. The molecule has 0 bridgehead atoms. The molecule has 2 saturated heterocycles. The third kappa shape index (κ3) is 3.44. The average Bonchev–Trinajstić information content (AvgIpc) is 3.09. The van der Waals surface area contributed by atoms with Gasteiger partial charge in [0.1, 0.15) is 6.17 Å². The molecule has 0 spiro atoms. The van der Waals surface area contributed by atoms with Crippen LogP contribution >= 0.6 is 34.9 Å². The van der Waals surface area contributed by atoms with Crippen LogP contribution in [0.4, 0.5) is 0 Å². The molecule has 2 aliphatic heterocycles. The quantitative estimate of drug-likeness (QED) is 0.911. The van der Waals surface area contributed by atoms with Gasteiger partial charge in [-0.1, -0.05) is 19.9 Å². The summed E-state index contributed by atoms with van der Waals surface area (Å²) in [6.07, 6.45) is 0.0671. The van der Waals surface area contributed by atoms with E-state index in [0.29, 0.717) is 11.2 Å². The van der Waals surface area contributed by atoms with E-state index in [0.717, 1.165) is 12.3 Å². The van der Waals surface area contributed by atoms with E-state index in [9.17, 15) is 4.79 Å². The van der Waals surface area contributed by atoms with Gasteiger partial charge in [-0.05, 0) is 17.4 Å². The highest BCUT2D eigenvalue weighted by Crippen LogP contribution is 2.33. The summed E-state index contributed by atoms with van der Waals surface area (Å²) in [5.41, 5.74) is 0. The Morgan fingerprint density at radius 3 is 2.90 bits per heavy atom. The van der Waals surface area contributed by atoms with Crippen LogP contribution in [-0.2, 0) is 4.79 Å². The maximum Gasteiger partial charge on any atom is 0.241 e. The van der Waals surface area contributed by atoms with Gasteiger partial charge in [0.25, 0.3) is 0 Å². The molecule has 1 aromatic rings. The van der Waals surface area contributed by atoms with Crippen molar-refractivity contribution < 1.29 is 4.79 Å². The lowest BCUT2D eigenvalue weighted by Crippen LogP contribution is -2.38. The molecule has 0 saturated carbocycles. The lowest BCUT2D eigenvalue weighted by molar-refractivity contribution is -0.130. The standard InChI is InChI=1S/C15H22N2OS3/c1-10(2)13-15(18)17(8-11-9-19-6-7-20-11)14(16-13)12-4-3-5-21-12/h3-5,10-11,13-14,16H,6-9H2,1-2H3. The SMILES string of the molecule is CC(C)C1NC(c2cccs2)N(CC2CSCCS2)C1=O. The van der Waals surface area contributed by atoms with E-state index in [1.54, 1.807) is 11.3 Å². The van der Waals surface area contributed by atoms with Crippen molar-refractivity contribution in [3.05, 3.63) is 22.4 Å². The van der Waals surface area contributed by atoms with Crippen LogP contribution in [0.1, 0.15) is 24.9 Å². The Hall–Kier alpha value is -0.170. The molecule has 3 nitrogen and oxygen atoms in total. The monoisotopic (exact) mass is 342 g/mol. The first-order valence-electron chi connectivity index (χ1n) is 7.46. The number of carbonyl (C=O) groups excluding carboxylic acids is 1. The second-order valence-electron chi connectivity index (χ2n) is 5.86. The minimum Gasteiger partial charge on any atom is -0.320 e. The highest BCUT2D eigenvalue weighted by molar-refractivity contribution is 8.06. The molecule has 2 aliphatic rings. The molecule has 6 heteroatoms. The van der Waals surface area contributed by atoms with E-state index in [-0.39, 0.29) is 18.1 Å². The molecule has 1 aromatic heterocycles.